The van der Waals surface area contributed by atoms with Gasteiger partial charge in [0.1, 0.15) is 0 Å². The van der Waals surface area contributed by atoms with Crippen molar-refractivity contribution in [2.24, 2.45) is 5.92 Å². The normalized spacial score (nSPS) is 30.4. The van der Waals surface area contributed by atoms with E-state index < -0.39 is 8.32 Å². The van der Waals surface area contributed by atoms with E-state index >= 15 is 0 Å². The van der Waals surface area contributed by atoms with Crippen molar-refractivity contribution in [3.05, 3.63) is 12.7 Å². The van der Waals surface area contributed by atoms with E-state index in [1.807, 2.05) is 6.08 Å². The molecule has 3 heteroatoms. The van der Waals surface area contributed by atoms with Crippen LogP contribution in [0.25, 0.3) is 0 Å². The molecule has 4 atom stereocenters. The molecule has 0 spiro atoms. The summed E-state index contributed by atoms with van der Waals surface area (Å²) in [6.45, 7) is 19.7. The van der Waals surface area contributed by atoms with E-state index in [1.54, 1.807) is 0 Å². The van der Waals surface area contributed by atoms with Crippen LogP contribution in [-0.4, -0.2) is 26.6 Å². The molecule has 0 amide bonds. The van der Waals surface area contributed by atoms with Crippen LogP contribution in [0.1, 0.15) is 47.5 Å². The first-order valence-corrected chi connectivity index (χ1v) is 10.4. The zero-order valence-electron chi connectivity index (χ0n) is 13.8. The summed E-state index contributed by atoms with van der Waals surface area (Å²) in [7, 11) is -1.71. The van der Waals surface area contributed by atoms with Gasteiger partial charge in [-0.2, -0.15) is 0 Å². The lowest BCUT2D eigenvalue weighted by atomic mass is 9.98. The van der Waals surface area contributed by atoms with Crippen LogP contribution in [0, 0.1) is 5.92 Å². The summed E-state index contributed by atoms with van der Waals surface area (Å²) < 4.78 is 12.6. The second-order valence-corrected chi connectivity index (χ2v) is 12.3. The zero-order valence-corrected chi connectivity index (χ0v) is 14.8. The Hall–Kier alpha value is -0.123. The van der Waals surface area contributed by atoms with Gasteiger partial charge < -0.3 is 9.16 Å². The summed E-state index contributed by atoms with van der Waals surface area (Å²) in [5.41, 5.74) is 0. The van der Waals surface area contributed by atoms with Gasteiger partial charge in [0, 0.05) is 0 Å². The largest absolute Gasteiger partial charge is 0.412 e. The van der Waals surface area contributed by atoms with Crippen molar-refractivity contribution in [1.29, 1.82) is 0 Å². The van der Waals surface area contributed by atoms with Crippen LogP contribution < -0.4 is 0 Å². The third-order valence-corrected chi connectivity index (χ3v) is 9.30. The van der Waals surface area contributed by atoms with Crippen molar-refractivity contribution in [2.75, 3.05) is 0 Å². The molecule has 2 nitrogen and oxygen atoms in total. The third kappa shape index (κ3) is 4.17. The standard InChI is InChI=1S/C16H32O2Si/c1-9-10-14-11-12(2)15(17-14)13(3)18-19(7,8)16(4,5)6/h9,12-15H,1,10-11H2,2-8H3/t12-,13+,14-,15-/m1/s1. The van der Waals surface area contributed by atoms with Crippen molar-refractivity contribution in [2.45, 2.75) is 83.9 Å². The maximum absolute atomic E-state index is 6.47. The highest BCUT2D eigenvalue weighted by Gasteiger charge is 2.42. The number of hydrogen-bond acceptors (Lipinski definition) is 2. The third-order valence-electron chi connectivity index (χ3n) is 4.72. The van der Waals surface area contributed by atoms with Crippen LogP contribution in [0.15, 0.2) is 12.7 Å². The summed E-state index contributed by atoms with van der Waals surface area (Å²) in [6.07, 6.45) is 4.79. The molecular weight excluding hydrogens is 252 g/mol. The van der Waals surface area contributed by atoms with Gasteiger partial charge in [-0.1, -0.05) is 33.8 Å². The van der Waals surface area contributed by atoms with Gasteiger partial charge in [0.15, 0.2) is 8.32 Å². The summed E-state index contributed by atoms with van der Waals surface area (Å²) >= 11 is 0. The second-order valence-electron chi connectivity index (χ2n) is 7.54. The minimum absolute atomic E-state index is 0.186. The second kappa shape index (κ2) is 6.11. The molecule has 0 bridgehead atoms. The van der Waals surface area contributed by atoms with E-state index in [0.717, 1.165) is 12.8 Å². The van der Waals surface area contributed by atoms with E-state index in [1.165, 1.54) is 0 Å². The van der Waals surface area contributed by atoms with Gasteiger partial charge in [0.2, 0.25) is 0 Å². The number of rotatable bonds is 5. The molecule has 19 heavy (non-hydrogen) atoms. The van der Waals surface area contributed by atoms with Gasteiger partial charge in [-0.15, -0.1) is 6.58 Å². The number of hydrogen-bond donors (Lipinski definition) is 0. The molecule has 0 aromatic heterocycles. The summed E-state index contributed by atoms with van der Waals surface area (Å²) in [5.74, 6) is 0.574. The molecule has 0 aromatic rings. The Bertz CT molecular complexity index is 306. The molecule has 112 valence electrons. The van der Waals surface area contributed by atoms with Crippen molar-refractivity contribution in [3.8, 4) is 0 Å². The summed E-state index contributed by atoms with van der Waals surface area (Å²) in [4.78, 5) is 0. The Morgan fingerprint density at radius 3 is 2.47 bits per heavy atom. The van der Waals surface area contributed by atoms with Crippen molar-refractivity contribution < 1.29 is 9.16 Å². The predicted octanol–water partition coefficient (Wildman–Crippen LogP) is 4.77. The van der Waals surface area contributed by atoms with E-state index in [-0.39, 0.29) is 17.2 Å². The lowest BCUT2D eigenvalue weighted by Gasteiger charge is -2.40. The highest BCUT2D eigenvalue weighted by Crippen LogP contribution is 2.39. The molecule has 1 saturated heterocycles. The van der Waals surface area contributed by atoms with Crippen LogP contribution in [0.4, 0.5) is 0 Å². The van der Waals surface area contributed by atoms with Gasteiger partial charge >= 0.3 is 0 Å². The first kappa shape index (κ1) is 16.9. The monoisotopic (exact) mass is 284 g/mol. The lowest BCUT2D eigenvalue weighted by Crippen LogP contribution is -2.47. The van der Waals surface area contributed by atoms with Gasteiger partial charge in [0.05, 0.1) is 18.3 Å². The van der Waals surface area contributed by atoms with E-state index in [2.05, 4.69) is 54.3 Å². The quantitative estimate of drug-likeness (QED) is 0.535. The smallest absolute Gasteiger partial charge is 0.192 e. The minimum atomic E-state index is -1.71. The average Bonchev–Trinajstić information content (AvgIpc) is 2.57. The van der Waals surface area contributed by atoms with Crippen LogP contribution in [0.2, 0.25) is 18.1 Å². The molecular formula is C16H32O2Si. The fourth-order valence-electron chi connectivity index (χ4n) is 2.58. The van der Waals surface area contributed by atoms with E-state index in [0.29, 0.717) is 12.0 Å². The lowest BCUT2D eigenvalue weighted by molar-refractivity contribution is -0.0308. The van der Waals surface area contributed by atoms with Crippen LogP contribution in [0.3, 0.4) is 0 Å². The Morgan fingerprint density at radius 1 is 1.42 bits per heavy atom. The zero-order chi connectivity index (χ0) is 14.8. The van der Waals surface area contributed by atoms with Crippen molar-refractivity contribution in [1.82, 2.24) is 0 Å². The fraction of sp³-hybridized carbons (Fsp3) is 0.875. The van der Waals surface area contributed by atoms with Crippen LogP contribution in [0.5, 0.6) is 0 Å². The fourth-order valence-corrected chi connectivity index (χ4v) is 4.00. The van der Waals surface area contributed by atoms with Crippen molar-refractivity contribution in [3.63, 3.8) is 0 Å². The summed E-state index contributed by atoms with van der Waals surface area (Å²) in [5, 5.41) is 0.254. The van der Waals surface area contributed by atoms with Crippen LogP contribution >= 0.6 is 0 Å². The Balaban J connectivity index is 2.64. The average molecular weight is 285 g/mol. The summed E-state index contributed by atoms with van der Waals surface area (Å²) in [6, 6.07) is 0. The van der Waals surface area contributed by atoms with Crippen molar-refractivity contribution >= 4 is 8.32 Å². The molecule has 0 N–H and O–H groups in total. The Morgan fingerprint density at radius 2 is 2.00 bits per heavy atom. The molecule has 0 saturated carbocycles. The Labute approximate surface area is 120 Å². The van der Waals surface area contributed by atoms with Crippen LogP contribution in [-0.2, 0) is 9.16 Å². The number of ether oxygens (including phenoxy) is 1. The van der Waals surface area contributed by atoms with E-state index in [9.17, 15) is 0 Å². The highest BCUT2D eigenvalue weighted by atomic mass is 28.4. The highest BCUT2D eigenvalue weighted by molar-refractivity contribution is 6.74. The van der Waals surface area contributed by atoms with Gasteiger partial charge in [-0.25, -0.2) is 0 Å². The van der Waals surface area contributed by atoms with E-state index in [4.69, 9.17) is 9.16 Å². The SMILES string of the molecule is C=CC[C@@H]1C[C@@H](C)[C@H]([C@H](C)O[Si](C)(C)C(C)(C)C)O1. The van der Waals surface area contributed by atoms with Gasteiger partial charge in [-0.3, -0.25) is 0 Å². The molecule has 1 heterocycles. The molecule has 0 aromatic carbocycles. The topological polar surface area (TPSA) is 18.5 Å². The first-order chi connectivity index (χ1) is 8.58. The molecule has 1 rings (SSSR count). The minimum Gasteiger partial charge on any atom is -0.412 e. The maximum Gasteiger partial charge on any atom is 0.192 e. The first-order valence-electron chi connectivity index (χ1n) is 7.52. The Kier molecular flexibility index (Phi) is 5.44. The van der Waals surface area contributed by atoms with Gasteiger partial charge in [-0.05, 0) is 43.8 Å². The maximum atomic E-state index is 6.47. The molecule has 1 aliphatic heterocycles. The molecule has 0 aliphatic carbocycles. The molecule has 0 unspecified atom stereocenters. The molecule has 0 radical (unpaired) electrons. The molecule has 1 aliphatic rings. The van der Waals surface area contributed by atoms with Gasteiger partial charge in [0.25, 0.3) is 0 Å². The predicted molar refractivity (Wildman–Crippen MR) is 85.0 cm³/mol. The molecule has 1 fully saturated rings.